The standard InChI is InChI=1S/C24H32N2O4S/c1-25(14-15-31(28)21-8-5-4-6-9-21)11-7-12-26-13-10-19-16-22(29-2)23(30-3)17-20(19)18-24(26)27/h4-6,8-9,16-17H,7,10-15,18H2,1-3H3. The lowest BCUT2D eigenvalue weighted by Gasteiger charge is -2.23. The number of carbonyl (C=O) groups excluding carboxylic acids is 1. The van der Waals surface area contributed by atoms with Crippen molar-refractivity contribution in [3.63, 3.8) is 0 Å². The van der Waals surface area contributed by atoms with Crippen LogP contribution < -0.4 is 9.47 Å². The first kappa shape index (κ1) is 23.4. The maximum absolute atomic E-state index is 12.8. The fraction of sp³-hybridized carbons (Fsp3) is 0.458. The van der Waals surface area contributed by atoms with E-state index in [0.29, 0.717) is 30.2 Å². The van der Waals surface area contributed by atoms with Crippen LogP contribution in [0.25, 0.3) is 0 Å². The first-order valence-corrected chi connectivity index (χ1v) is 12.0. The van der Waals surface area contributed by atoms with Crippen molar-refractivity contribution in [2.45, 2.75) is 24.2 Å². The van der Waals surface area contributed by atoms with Crippen molar-refractivity contribution >= 4 is 17.1 Å². The number of hydrogen-bond donors (Lipinski definition) is 0. The van der Waals surface area contributed by atoms with E-state index in [0.717, 1.165) is 48.5 Å². The van der Waals surface area contributed by atoms with E-state index in [-0.39, 0.29) is 5.91 Å². The predicted octanol–water partition coefficient (Wildman–Crippen LogP) is 2.76. The number of carbonyl (C=O) groups is 1. The number of methoxy groups -OCH3 is 2. The molecule has 0 aromatic heterocycles. The van der Waals surface area contributed by atoms with Gasteiger partial charge in [-0.05, 0) is 73.0 Å². The summed E-state index contributed by atoms with van der Waals surface area (Å²) in [5.74, 6) is 2.13. The number of ether oxygens (including phenoxy) is 2. The molecule has 1 amide bonds. The number of benzene rings is 2. The lowest BCUT2D eigenvalue weighted by Crippen LogP contribution is -2.35. The molecule has 2 aromatic carbocycles. The molecule has 1 heterocycles. The van der Waals surface area contributed by atoms with E-state index in [2.05, 4.69) is 4.90 Å². The Labute approximate surface area is 188 Å². The van der Waals surface area contributed by atoms with Crippen LogP contribution in [0, 0.1) is 0 Å². The van der Waals surface area contributed by atoms with Crippen LogP contribution in [0.5, 0.6) is 11.5 Å². The Morgan fingerprint density at radius 2 is 1.74 bits per heavy atom. The molecule has 0 saturated carbocycles. The quantitative estimate of drug-likeness (QED) is 0.527. The van der Waals surface area contributed by atoms with Crippen LogP contribution in [0.4, 0.5) is 0 Å². The highest BCUT2D eigenvalue weighted by molar-refractivity contribution is 7.91. The van der Waals surface area contributed by atoms with Crippen molar-refractivity contribution in [1.29, 1.82) is 0 Å². The fourth-order valence-electron chi connectivity index (χ4n) is 3.82. The highest BCUT2D eigenvalue weighted by atomic mass is 32.2. The molecular formula is C24H32N2O4S. The van der Waals surface area contributed by atoms with Gasteiger partial charge in [0, 0.05) is 19.6 Å². The Morgan fingerprint density at radius 1 is 1.06 bits per heavy atom. The molecule has 0 aliphatic carbocycles. The van der Waals surface area contributed by atoms with Crippen LogP contribution in [0.15, 0.2) is 47.4 Å². The van der Waals surface area contributed by atoms with Gasteiger partial charge in [0.2, 0.25) is 5.91 Å². The van der Waals surface area contributed by atoms with Gasteiger partial charge in [0.25, 0.3) is 0 Å². The van der Waals surface area contributed by atoms with Gasteiger partial charge in [0.1, 0.15) is 5.75 Å². The summed E-state index contributed by atoms with van der Waals surface area (Å²) in [6, 6.07) is 13.5. The largest absolute Gasteiger partial charge is 0.611 e. The zero-order valence-electron chi connectivity index (χ0n) is 18.6. The van der Waals surface area contributed by atoms with Gasteiger partial charge in [-0.15, -0.1) is 0 Å². The summed E-state index contributed by atoms with van der Waals surface area (Å²) in [6.07, 6.45) is 2.10. The zero-order chi connectivity index (χ0) is 22.2. The first-order valence-electron chi connectivity index (χ1n) is 10.7. The molecule has 0 saturated heterocycles. The molecule has 3 rings (SSSR count). The van der Waals surface area contributed by atoms with Gasteiger partial charge in [-0.3, -0.25) is 4.79 Å². The number of rotatable bonds is 10. The average molecular weight is 445 g/mol. The van der Waals surface area contributed by atoms with Crippen molar-refractivity contribution in [1.82, 2.24) is 9.80 Å². The molecule has 0 radical (unpaired) electrons. The molecule has 6 nitrogen and oxygen atoms in total. The lowest BCUT2D eigenvalue weighted by atomic mass is 10.0. The molecule has 0 bridgehead atoms. The predicted molar refractivity (Wildman–Crippen MR) is 123 cm³/mol. The van der Waals surface area contributed by atoms with Crippen LogP contribution in [0.3, 0.4) is 0 Å². The first-order chi connectivity index (χ1) is 15.0. The normalized spacial score (nSPS) is 14.9. The summed E-state index contributed by atoms with van der Waals surface area (Å²) in [4.78, 5) is 17.8. The minimum absolute atomic E-state index is 0.152. The number of hydrogen-bond acceptors (Lipinski definition) is 5. The molecule has 1 aliphatic rings. The topological polar surface area (TPSA) is 65.1 Å². The van der Waals surface area contributed by atoms with E-state index in [1.54, 1.807) is 14.2 Å². The summed E-state index contributed by atoms with van der Waals surface area (Å²) in [6.45, 7) is 3.07. The second kappa shape index (κ2) is 11.4. The third kappa shape index (κ3) is 6.38. The van der Waals surface area contributed by atoms with E-state index in [4.69, 9.17) is 9.47 Å². The van der Waals surface area contributed by atoms with Crippen LogP contribution in [0.1, 0.15) is 17.5 Å². The SMILES string of the molecule is COc1cc2c(cc1OC)CC(=O)N(CCCN(C)CC[S+]([O-])c1ccccc1)CC2. The van der Waals surface area contributed by atoms with E-state index < -0.39 is 11.2 Å². The van der Waals surface area contributed by atoms with E-state index in [1.165, 1.54) is 0 Å². The van der Waals surface area contributed by atoms with Crippen LogP contribution >= 0.6 is 0 Å². The van der Waals surface area contributed by atoms with E-state index >= 15 is 0 Å². The molecule has 0 N–H and O–H groups in total. The Morgan fingerprint density at radius 3 is 2.42 bits per heavy atom. The Kier molecular flexibility index (Phi) is 8.63. The van der Waals surface area contributed by atoms with Gasteiger partial charge in [0.15, 0.2) is 16.4 Å². The molecule has 1 atom stereocenters. The molecule has 1 unspecified atom stereocenters. The third-order valence-corrected chi connectivity index (χ3v) is 7.03. The maximum Gasteiger partial charge on any atom is 0.227 e. The second-order valence-electron chi connectivity index (χ2n) is 7.80. The van der Waals surface area contributed by atoms with Gasteiger partial charge in [-0.25, -0.2) is 0 Å². The second-order valence-corrected chi connectivity index (χ2v) is 9.37. The minimum Gasteiger partial charge on any atom is -0.611 e. The number of nitrogens with zero attached hydrogens (tertiary/aromatic N) is 2. The third-order valence-electron chi connectivity index (χ3n) is 5.68. The van der Waals surface area contributed by atoms with Gasteiger partial charge in [0.05, 0.1) is 20.6 Å². The van der Waals surface area contributed by atoms with Crippen LogP contribution in [-0.4, -0.2) is 73.5 Å². The maximum atomic E-state index is 12.8. The Hall–Kier alpha value is -2.22. The lowest BCUT2D eigenvalue weighted by molar-refractivity contribution is -0.130. The van der Waals surface area contributed by atoms with Gasteiger partial charge >= 0.3 is 0 Å². The number of amides is 1. The van der Waals surface area contributed by atoms with E-state index in [9.17, 15) is 9.35 Å². The van der Waals surface area contributed by atoms with Gasteiger partial charge in [-0.2, -0.15) is 0 Å². The van der Waals surface area contributed by atoms with Crippen LogP contribution in [-0.2, 0) is 28.8 Å². The van der Waals surface area contributed by atoms with E-state index in [1.807, 2.05) is 54.4 Å². The molecule has 0 spiro atoms. The number of fused-ring (bicyclic) bond motifs is 1. The van der Waals surface area contributed by atoms with Crippen molar-refractivity contribution in [2.75, 3.05) is 53.2 Å². The summed E-state index contributed by atoms with van der Waals surface area (Å²) in [5.41, 5.74) is 2.17. The smallest absolute Gasteiger partial charge is 0.227 e. The van der Waals surface area contributed by atoms with Crippen molar-refractivity contribution in [3.05, 3.63) is 53.6 Å². The van der Waals surface area contributed by atoms with Crippen molar-refractivity contribution < 1.29 is 18.8 Å². The minimum atomic E-state index is -0.977. The fourth-order valence-corrected chi connectivity index (χ4v) is 5.00. The monoisotopic (exact) mass is 444 g/mol. The molecule has 2 aromatic rings. The highest BCUT2D eigenvalue weighted by Gasteiger charge is 2.22. The molecule has 168 valence electrons. The summed E-state index contributed by atoms with van der Waals surface area (Å²) < 4.78 is 23.2. The Balaban J connectivity index is 1.46. The summed E-state index contributed by atoms with van der Waals surface area (Å²) in [7, 11) is 5.28. The molecule has 7 heteroatoms. The zero-order valence-corrected chi connectivity index (χ0v) is 19.5. The van der Waals surface area contributed by atoms with Gasteiger partial charge < -0.3 is 23.8 Å². The van der Waals surface area contributed by atoms with Crippen LogP contribution in [0.2, 0.25) is 0 Å². The van der Waals surface area contributed by atoms with Crippen molar-refractivity contribution in [2.24, 2.45) is 0 Å². The molecule has 0 fully saturated rings. The summed E-state index contributed by atoms with van der Waals surface area (Å²) >= 11 is -0.977. The summed E-state index contributed by atoms with van der Waals surface area (Å²) in [5, 5.41) is 0. The molecule has 1 aliphatic heterocycles. The highest BCUT2D eigenvalue weighted by Crippen LogP contribution is 2.32. The van der Waals surface area contributed by atoms with Crippen molar-refractivity contribution in [3.8, 4) is 11.5 Å². The molecule has 31 heavy (non-hydrogen) atoms. The van der Waals surface area contributed by atoms with Gasteiger partial charge in [-0.1, -0.05) is 18.2 Å². The Bertz CT molecular complexity index is 862. The average Bonchev–Trinajstić information content (AvgIpc) is 2.94. The molecular weight excluding hydrogens is 412 g/mol.